The van der Waals surface area contributed by atoms with Gasteiger partial charge in [-0.1, -0.05) is 12.1 Å². The Morgan fingerprint density at radius 3 is 1.73 bits per heavy atom. The predicted octanol–water partition coefficient (Wildman–Crippen LogP) is 2.64. The van der Waals surface area contributed by atoms with Crippen molar-refractivity contribution < 1.29 is 5.11 Å². The third-order valence-electron chi connectivity index (χ3n) is 4.25. The van der Waals surface area contributed by atoms with E-state index in [0.717, 1.165) is 31.7 Å². The van der Waals surface area contributed by atoms with Crippen LogP contribution in [0.1, 0.15) is 19.4 Å². The van der Waals surface area contributed by atoms with Crippen LogP contribution in [0.4, 0.5) is 11.4 Å². The van der Waals surface area contributed by atoms with Crippen LogP contribution >= 0.6 is 0 Å². The highest BCUT2D eigenvalue weighted by Crippen LogP contribution is 2.24. The van der Waals surface area contributed by atoms with Crippen molar-refractivity contribution in [3.63, 3.8) is 0 Å². The van der Waals surface area contributed by atoms with Crippen molar-refractivity contribution in [2.45, 2.75) is 19.4 Å². The van der Waals surface area contributed by atoms with Gasteiger partial charge in [0.2, 0.25) is 0 Å². The molecule has 1 aliphatic rings. The number of anilines is 2. The molecule has 1 fully saturated rings. The lowest BCUT2D eigenvalue weighted by molar-refractivity contribution is 0.0786. The first-order valence-electron chi connectivity index (χ1n) is 7.77. The molecule has 1 aromatic carbocycles. The molecule has 3 rings (SSSR count). The van der Waals surface area contributed by atoms with E-state index in [9.17, 15) is 5.11 Å². The zero-order chi connectivity index (χ0) is 15.6. The molecule has 0 atom stereocenters. The second-order valence-electron chi connectivity index (χ2n) is 6.29. The minimum Gasteiger partial charge on any atom is -0.386 e. The monoisotopic (exact) mass is 297 g/mol. The van der Waals surface area contributed by atoms with Gasteiger partial charge in [0.15, 0.2) is 0 Å². The molecule has 1 aliphatic heterocycles. The van der Waals surface area contributed by atoms with Gasteiger partial charge >= 0.3 is 0 Å². The maximum absolute atomic E-state index is 10.0. The Bertz CT molecular complexity index is 596. The normalized spacial score (nSPS) is 16.0. The second-order valence-corrected chi connectivity index (χ2v) is 6.29. The molecule has 2 heterocycles. The van der Waals surface area contributed by atoms with E-state index in [-0.39, 0.29) is 0 Å². The summed E-state index contributed by atoms with van der Waals surface area (Å²) >= 11 is 0. The fourth-order valence-corrected chi connectivity index (χ4v) is 2.86. The number of rotatable bonds is 3. The summed E-state index contributed by atoms with van der Waals surface area (Å²) in [5.41, 5.74) is 2.64. The smallest absolute Gasteiger partial charge is 0.0840 e. The van der Waals surface area contributed by atoms with Crippen LogP contribution in [0.15, 0.2) is 48.8 Å². The van der Waals surface area contributed by atoms with Gasteiger partial charge in [0.25, 0.3) is 0 Å². The average Bonchev–Trinajstić information content (AvgIpc) is 2.55. The number of nitrogens with zero attached hydrogens (tertiary/aromatic N) is 3. The van der Waals surface area contributed by atoms with Crippen molar-refractivity contribution in [1.29, 1.82) is 0 Å². The molecule has 0 unspecified atom stereocenters. The van der Waals surface area contributed by atoms with Crippen LogP contribution in [0.5, 0.6) is 0 Å². The standard InChI is InChI=1S/C18H23N3O/c1-18(2,22)15-3-5-16(6-4-15)20-11-13-21(14-12-20)17-7-9-19-10-8-17/h3-10,22H,11-14H2,1-2H3. The number of pyridine rings is 1. The van der Waals surface area contributed by atoms with Crippen LogP contribution in [0, 0.1) is 0 Å². The summed E-state index contributed by atoms with van der Waals surface area (Å²) in [4.78, 5) is 8.86. The summed E-state index contributed by atoms with van der Waals surface area (Å²) in [6, 6.07) is 12.4. The van der Waals surface area contributed by atoms with Crippen molar-refractivity contribution in [1.82, 2.24) is 4.98 Å². The molecule has 1 N–H and O–H groups in total. The first-order chi connectivity index (χ1) is 10.5. The maximum Gasteiger partial charge on any atom is 0.0840 e. The van der Waals surface area contributed by atoms with Gasteiger partial charge in [-0.3, -0.25) is 4.98 Å². The van der Waals surface area contributed by atoms with Crippen LogP contribution in [-0.4, -0.2) is 36.3 Å². The van der Waals surface area contributed by atoms with Gasteiger partial charge in [-0.05, 0) is 43.7 Å². The van der Waals surface area contributed by atoms with Gasteiger partial charge in [0, 0.05) is 49.9 Å². The van der Waals surface area contributed by atoms with Crippen molar-refractivity contribution in [3.8, 4) is 0 Å². The molecule has 116 valence electrons. The van der Waals surface area contributed by atoms with Gasteiger partial charge in [-0.2, -0.15) is 0 Å². The Morgan fingerprint density at radius 2 is 1.27 bits per heavy atom. The third kappa shape index (κ3) is 3.22. The van der Waals surface area contributed by atoms with Crippen molar-refractivity contribution in [3.05, 3.63) is 54.4 Å². The molecule has 0 radical (unpaired) electrons. The van der Waals surface area contributed by atoms with Crippen LogP contribution in [0.25, 0.3) is 0 Å². The maximum atomic E-state index is 10.0. The number of piperazine rings is 1. The summed E-state index contributed by atoms with van der Waals surface area (Å²) in [5.74, 6) is 0. The van der Waals surface area contributed by atoms with Gasteiger partial charge in [0.05, 0.1) is 5.60 Å². The quantitative estimate of drug-likeness (QED) is 0.945. The Hall–Kier alpha value is -2.07. The molecule has 0 spiro atoms. The average molecular weight is 297 g/mol. The number of benzene rings is 1. The number of aliphatic hydroxyl groups is 1. The molecule has 4 nitrogen and oxygen atoms in total. The highest BCUT2D eigenvalue weighted by atomic mass is 16.3. The Morgan fingerprint density at radius 1 is 0.818 bits per heavy atom. The van der Waals surface area contributed by atoms with Crippen LogP contribution in [0.3, 0.4) is 0 Å². The molecule has 1 aromatic heterocycles. The lowest BCUT2D eigenvalue weighted by atomic mass is 9.98. The molecule has 0 amide bonds. The Labute approximate surface area is 132 Å². The minimum atomic E-state index is -0.779. The van der Waals surface area contributed by atoms with E-state index in [1.165, 1.54) is 11.4 Å². The van der Waals surface area contributed by atoms with Crippen molar-refractivity contribution >= 4 is 11.4 Å². The molecule has 4 heteroatoms. The first-order valence-corrected chi connectivity index (χ1v) is 7.77. The molecule has 22 heavy (non-hydrogen) atoms. The van der Waals surface area contributed by atoms with Crippen LogP contribution in [0.2, 0.25) is 0 Å². The first kappa shape index (κ1) is 14.9. The van der Waals surface area contributed by atoms with E-state index in [0.29, 0.717) is 0 Å². The second kappa shape index (κ2) is 5.97. The van der Waals surface area contributed by atoms with E-state index < -0.39 is 5.60 Å². The molecular formula is C18H23N3O. The van der Waals surface area contributed by atoms with Gasteiger partial charge in [-0.25, -0.2) is 0 Å². The molecule has 1 saturated heterocycles. The van der Waals surface area contributed by atoms with Gasteiger partial charge < -0.3 is 14.9 Å². The van der Waals surface area contributed by atoms with E-state index in [4.69, 9.17) is 0 Å². The van der Waals surface area contributed by atoms with Gasteiger partial charge in [-0.15, -0.1) is 0 Å². The van der Waals surface area contributed by atoms with Crippen molar-refractivity contribution in [2.75, 3.05) is 36.0 Å². The summed E-state index contributed by atoms with van der Waals surface area (Å²) in [6.07, 6.45) is 3.69. The zero-order valence-corrected chi connectivity index (χ0v) is 13.2. The molecule has 0 aliphatic carbocycles. The number of hydrogen-bond donors (Lipinski definition) is 1. The van der Waals surface area contributed by atoms with Crippen LogP contribution in [-0.2, 0) is 5.60 Å². The van der Waals surface area contributed by atoms with E-state index in [1.807, 2.05) is 38.4 Å². The molecule has 2 aromatic rings. The predicted molar refractivity (Wildman–Crippen MR) is 90.3 cm³/mol. The zero-order valence-electron chi connectivity index (χ0n) is 13.2. The summed E-state index contributed by atoms with van der Waals surface area (Å²) in [7, 11) is 0. The van der Waals surface area contributed by atoms with Crippen LogP contribution < -0.4 is 9.80 Å². The topological polar surface area (TPSA) is 39.6 Å². The van der Waals surface area contributed by atoms with E-state index in [1.54, 1.807) is 0 Å². The molecular weight excluding hydrogens is 274 g/mol. The molecule has 0 bridgehead atoms. The SMILES string of the molecule is CC(C)(O)c1ccc(N2CCN(c3ccncc3)CC2)cc1. The minimum absolute atomic E-state index is 0.779. The highest BCUT2D eigenvalue weighted by molar-refractivity contribution is 5.52. The molecule has 0 saturated carbocycles. The Balaban J connectivity index is 1.64. The fraction of sp³-hybridized carbons (Fsp3) is 0.389. The summed E-state index contributed by atoms with van der Waals surface area (Å²) < 4.78 is 0. The highest BCUT2D eigenvalue weighted by Gasteiger charge is 2.19. The Kier molecular flexibility index (Phi) is 4.03. The fourth-order valence-electron chi connectivity index (χ4n) is 2.86. The largest absolute Gasteiger partial charge is 0.386 e. The van der Waals surface area contributed by atoms with Gasteiger partial charge in [0.1, 0.15) is 0 Å². The van der Waals surface area contributed by atoms with E-state index >= 15 is 0 Å². The van der Waals surface area contributed by atoms with E-state index in [2.05, 4.69) is 39.0 Å². The summed E-state index contributed by atoms with van der Waals surface area (Å²) in [6.45, 7) is 7.66. The summed E-state index contributed by atoms with van der Waals surface area (Å²) in [5, 5.41) is 10.0. The lowest BCUT2D eigenvalue weighted by Crippen LogP contribution is -2.46. The number of hydrogen-bond acceptors (Lipinski definition) is 4. The number of aromatic nitrogens is 1. The third-order valence-corrected chi connectivity index (χ3v) is 4.25. The van der Waals surface area contributed by atoms with Crippen molar-refractivity contribution in [2.24, 2.45) is 0 Å². The lowest BCUT2D eigenvalue weighted by Gasteiger charge is -2.37.